The number of hydrogen-bond acceptors (Lipinski definition) is 3. The summed E-state index contributed by atoms with van der Waals surface area (Å²) in [4.78, 5) is 14.2. The second-order valence-corrected chi connectivity index (χ2v) is 4.71. The molecule has 0 aliphatic carbocycles. The summed E-state index contributed by atoms with van der Waals surface area (Å²) in [6, 6.07) is 7.13. The van der Waals surface area contributed by atoms with Crippen molar-refractivity contribution in [2.24, 2.45) is 5.92 Å². The summed E-state index contributed by atoms with van der Waals surface area (Å²) in [5.74, 6) is 0.679. The van der Waals surface area contributed by atoms with Crippen LogP contribution in [-0.2, 0) is 4.79 Å². The average Bonchev–Trinajstić information content (AvgIpc) is 2.36. The molecule has 2 bridgehead atoms. The second-order valence-electron chi connectivity index (χ2n) is 4.71. The van der Waals surface area contributed by atoms with Crippen LogP contribution in [-0.4, -0.2) is 28.9 Å². The standard InChI is InChI=1S/C14H15NO2/c16-13-4-2-1-3-11(13)9-12-14(17)10-5-7-15(12)8-6-10/h1-4,9-10,16H,5-8H2/b12-9-. The Balaban J connectivity index is 1.99. The zero-order valence-electron chi connectivity index (χ0n) is 9.60. The number of allylic oxidation sites excluding steroid dienone is 1. The Morgan fingerprint density at radius 3 is 2.59 bits per heavy atom. The summed E-state index contributed by atoms with van der Waals surface area (Å²) in [5.41, 5.74) is 1.50. The Morgan fingerprint density at radius 1 is 1.24 bits per heavy atom. The number of para-hydroxylation sites is 1. The Labute approximate surface area is 100 Å². The molecule has 3 nitrogen and oxygen atoms in total. The molecular weight excluding hydrogens is 214 g/mol. The topological polar surface area (TPSA) is 40.5 Å². The fourth-order valence-corrected chi connectivity index (χ4v) is 2.67. The van der Waals surface area contributed by atoms with Crippen LogP contribution >= 0.6 is 0 Å². The summed E-state index contributed by atoms with van der Waals surface area (Å²) < 4.78 is 0. The van der Waals surface area contributed by atoms with Crippen molar-refractivity contribution in [2.75, 3.05) is 13.1 Å². The number of fused-ring (bicyclic) bond motifs is 3. The molecule has 0 radical (unpaired) electrons. The second kappa shape index (κ2) is 3.91. The summed E-state index contributed by atoms with van der Waals surface area (Å²) >= 11 is 0. The van der Waals surface area contributed by atoms with Crippen molar-refractivity contribution >= 4 is 11.9 Å². The van der Waals surface area contributed by atoms with E-state index in [1.54, 1.807) is 12.1 Å². The van der Waals surface area contributed by atoms with E-state index < -0.39 is 0 Å². The van der Waals surface area contributed by atoms with Gasteiger partial charge >= 0.3 is 0 Å². The SMILES string of the molecule is O=C1/C(=C/c2ccccc2O)N2CCC1CC2. The van der Waals surface area contributed by atoms with E-state index in [9.17, 15) is 9.90 Å². The lowest BCUT2D eigenvalue weighted by Gasteiger charge is -2.41. The number of hydrogen-bond donors (Lipinski definition) is 1. The van der Waals surface area contributed by atoms with Crippen LogP contribution in [0.2, 0.25) is 0 Å². The van der Waals surface area contributed by atoms with Crippen molar-refractivity contribution in [3.8, 4) is 5.75 Å². The summed E-state index contributed by atoms with van der Waals surface area (Å²) in [5, 5.41) is 9.72. The van der Waals surface area contributed by atoms with Crippen LogP contribution in [0.4, 0.5) is 0 Å². The van der Waals surface area contributed by atoms with E-state index in [4.69, 9.17) is 0 Å². The third kappa shape index (κ3) is 1.71. The minimum Gasteiger partial charge on any atom is -0.507 e. The largest absolute Gasteiger partial charge is 0.507 e. The first kappa shape index (κ1) is 10.4. The predicted octanol–water partition coefficient (Wildman–Crippen LogP) is 2.03. The fourth-order valence-electron chi connectivity index (χ4n) is 2.67. The van der Waals surface area contributed by atoms with Gasteiger partial charge in [-0.1, -0.05) is 18.2 Å². The van der Waals surface area contributed by atoms with E-state index in [1.165, 1.54) is 0 Å². The predicted molar refractivity (Wildman–Crippen MR) is 65.4 cm³/mol. The Bertz CT molecular complexity index is 485. The van der Waals surface area contributed by atoms with Gasteiger partial charge in [0.2, 0.25) is 0 Å². The van der Waals surface area contributed by atoms with Gasteiger partial charge in [-0.25, -0.2) is 0 Å². The maximum Gasteiger partial charge on any atom is 0.182 e. The first-order valence-corrected chi connectivity index (χ1v) is 6.04. The Hall–Kier alpha value is -1.77. The third-order valence-electron chi connectivity index (χ3n) is 3.69. The summed E-state index contributed by atoms with van der Waals surface area (Å²) in [6.07, 6.45) is 3.79. The van der Waals surface area contributed by atoms with E-state index >= 15 is 0 Å². The minimum absolute atomic E-state index is 0.206. The lowest BCUT2D eigenvalue weighted by atomic mass is 9.84. The first-order valence-electron chi connectivity index (χ1n) is 6.04. The van der Waals surface area contributed by atoms with Crippen LogP contribution in [0.5, 0.6) is 5.75 Å². The molecule has 0 saturated carbocycles. The number of ketones is 1. The van der Waals surface area contributed by atoms with Gasteiger partial charge in [-0.05, 0) is 25.0 Å². The number of rotatable bonds is 1. The van der Waals surface area contributed by atoms with Crippen molar-refractivity contribution in [2.45, 2.75) is 12.8 Å². The molecule has 3 heterocycles. The molecule has 1 aromatic rings. The molecule has 3 fully saturated rings. The lowest BCUT2D eigenvalue weighted by molar-refractivity contribution is -0.125. The van der Waals surface area contributed by atoms with E-state index in [2.05, 4.69) is 4.90 Å². The highest BCUT2D eigenvalue weighted by Gasteiger charge is 2.36. The van der Waals surface area contributed by atoms with E-state index in [0.29, 0.717) is 0 Å². The van der Waals surface area contributed by atoms with Gasteiger partial charge in [0.25, 0.3) is 0 Å². The van der Waals surface area contributed by atoms with Crippen LogP contribution in [0.25, 0.3) is 6.08 Å². The van der Waals surface area contributed by atoms with Crippen molar-refractivity contribution in [3.63, 3.8) is 0 Å². The molecular formula is C14H15NO2. The van der Waals surface area contributed by atoms with E-state index in [-0.39, 0.29) is 17.5 Å². The van der Waals surface area contributed by atoms with Crippen LogP contribution in [0, 0.1) is 5.92 Å². The summed E-state index contributed by atoms with van der Waals surface area (Å²) in [7, 11) is 0. The van der Waals surface area contributed by atoms with Gasteiger partial charge in [0.1, 0.15) is 5.75 Å². The van der Waals surface area contributed by atoms with Crippen molar-refractivity contribution in [3.05, 3.63) is 35.5 Å². The number of piperidine rings is 3. The van der Waals surface area contributed by atoms with Gasteiger partial charge < -0.3 is 10.0 Å². The number of carbonyl (C=O) groups is 1. The molecule has 4 rings (SSSR count). The molecule has 1 N–H and O–H groups in total. The van der Waals surface area contributed by atoms with Gasteiger partial charge in [-0.3, -0.25) is 4.79 Å². The molecule has 0 amide bonds. The van der Waals surface area contributed by atoms with Crippen LogP contribution < -0.4 is 0 Å². The normalized spacial score (nSPS) is 22.5. The van der Waals surface area contributed by atoms with Crippen LogP contribution in [0.15, 0.2) is 30.0 Å². The Kier molecular flexibility index (Phi) is 2.39. The average molecular weight is 229 g/mol. The zero-order chi connectivity index (χ0) is 11.8. The molecule has 17 heavy (non-hydrogen) atoms. The van der Waals surface area contributed by atoms with Crippen molar-refractivity contribution in [1.82, 2.24) is 4.90 Å². The number of nitrogens with zero attached hydrogens (tertiary/aromatic N) is 1. The Morgan fingerprint density at radius 2 is 1.94 bits per heavy atom. The number of Topliss-reactive ketones (excluding diaryl/α,β-unsaturated/α-hetero) is 1. The van der Waals surface area contributed by atoms with Gasteiger partial charge in [0.15, 0.2) is 5.78 Å². The van der Waals surface area contributed by atoms with Gasteiger partial charge in [0, 0.05) is 24.6 Å². The highest BCUT2D eigenvalue weighted by atomic mass is 16.3. The van der Waals surface area contributed by atoms with E-state index in [1.807, 2.05) is 18.2 Å². The zero-order valence-corrected chi connectivity index (χ0v) is 9.60. The van der Waals surface area contributed by atoms with Gasteiger partial charge in [-0.15, -0.1) is 0 Å². The van der Waals surface area contributed by atoms with Gasteiger partial charge in [0.05, 0.1) is 5.70 Å². The molecule has 3 aliphatic heterocycles. The number of phenols is 1. The lowest BCUT2D eigenvalue weighted by Crippen LogP contribution is -2.45. The highest BCUT2D eigenvalue weighted by Crippen LogP contribution is 2.33. The molecule has 0 aromatic heterocycles. The fraction of sp³-hybridized carbons (Fsp3) is 0.357. The van der Waals surface area contributed by atoms with Crippen molar-refractivity contribution in [1.29, 1.82) is 0 Å². The first-order chi connectivity index (χ1) is 8.25. The number of aromatic hydroxyl groups is 1. The third-order valence-corrected chi connectivity index (χ3v) is 3.69. The maximum absolute atomic E-state index is 12.1. The molecule has 0 unspecified atom stereocenters. The summed E-state index contributed by atoms with van der Waals surface area (Å²) in [6.45, 7) is 1.94. The number of carbonyl (C=O) groups excluding carboxylic acids is 1. The minimum atomic E-state index is 0.206. The number of phenolic OH excluding ortho intramolecular Hbond substituents is 1. The molecule has 0 spiro atoms. The monoisotopic (exact) mass is 229 g/mol. The van der Waals surface area contributed by atoms with Gasteiger partial charge in [-0.2, -0.15) is 0 Å². The van der Waals surface area contributed by atoms with Crippen LogP contribution in [0.1, 0.15) is 18.4 Å². The number of benzene rings is 1. The quantitative estimate of drug-likeness (QED) is 0.749. The van der Waals surface area contributed by atoms with Crippen LogP contribution in [0.3, 0.4) is 0 Å². The highest BCUT2D eigenvalue weighted by molar-refractivity contribution is 6.02. The smallest absolute Gasteiger partial charge is 0.182 e. The maximum atomic E-state index is 12.1. The van der Waals surface area contributed by atoms with Crippen molar-refractivity contribution < 1.29 is 9.90 Å². The molecule has 1 aromatic carbocycles. The molecule has 3 saturated heterocycles. The molecule has 88 valence electrons. The molecule has 0 atom stereocenters. The van der Waals surface area contributed by atoms with E-state index in [0.717, 1.165) is 37.2 Å². The molecule has 3 heteroatoms. The molecule has 3 aliphatic rings.